The van der Waals surface area contributed by atoms with Gasteiger partial charge in [0.15, 0.2) is 0 Å². The number of esters is 1. The van der Waals surface area contributed by atoms with E-state index in [0.29, 0.717) is 16.3 Å². The summed E-state index contributed by atoms with van der Waals surface area (Å²) in [6.07, 6.45) is 0. The van der Waals surface area contributed by atoms with Gasteiger partial charge in [-0.25, -0.2) is 9.18 Å². The topological polar surface area (TPSA) is 67.4 Å². The summed E-state index contributed by atoms with van der Waals surface area (Å²) in [7, 11) is 1.26. The first-order chi connectivity index (χ1) is 12.3. The van der Waals surface area contributed by atoms with E-state index >= 15 is 0 Å². The summed E-state index contributed by atoms with van der Waals surface area (Å²) < 4.78 is 18.3. The molecule has 1 amide bonds. The summed E-state index contributed by atoms with van der Waals surface area (Å²) in [5.74, 6) is -1.51. The summed E-state index contributed by atoms with van der Waals surface area (Å²) in [6, 6.07) is 8.65. The van der Waals surface area contributed by atoms with Crippen LogP contribution >= 0.6 is 23.2 Å². The van der Waals surface area contributed by atoms with Gasteiger partial charge < -0.3 is 15.4 Å². The van der Waals surface area contributed by atoms with Crippen molar-refractivity contribution in [2.75, 3.05) is 19.0 Å². The molecule has 5 nitrogen and oxygen atoms in total. The minimum atomic E-state index is -0.587. The predicted molar refractivity (Wildman–Crippen MR) is 99.2 cm³/mol. The van der Waals surface area contributed by atoms with Crippen molar-refractivity contribution in [2.24, 2.45) is 0 Å². The standard InChI is InChI=1S/C18H17Cl2FN2O3/c1-10(12-7-15(21)14(20)8-13(12)19)22-9-17(24)23-16-6-4-3-5-11(16)18(25)26-2/h3-8,10,22H,9H2,1-2H3,(H,23,24)/t10-/m1/s1. The number of hydrogen-bond donors (Lipinski definition) is 2. The van der Waals surface area contributed by atoms with Crippen LogP contribution in [0.3, 0.4) is 0 Å². The van der Waals surface area contributed by atoms with Crippen LogP contribution in [-0.4, -0.2) is 25.5 Å². The van der Waals surface area contributed by atoms with Crippen LogP contribution in [0.25, 0.3) is 0 Å². The van der Waals surface area contributed by atoms with Crippen molar-refractivity contribution in [2.45, 2.75) is 13.0 Å². The highest BCUT2D eigenvalue weighted by atomic mass is 35.5. The Morgan fingerprint density at radius 1 is 1.19 bits per heavy atom. The van der Waals surface area contributed by atoms with Gasteiger partial charge in [-0.2, -0.15) is 0 Å². The maximum Gasteiger partial charge on any atom is 0.339 e. The van der Waals surface area contributed by atoms with Crippen LogP contribution in [0, 0.1) is 5.82 Å². The number of nitrogens with one attached hydrogen (secondary N) is 2. The SMILES string of the molecule is COC(=O)c1ccccc1NC(=O)CN[C@H](C)c1cc(F)c(Cl)cc1Cl. The Bertz CT molecular complexity index is 830. The number of halogens is 3. The zero-order chi connectivity index (χ0) is 19.3. The van der Waals surface area contributed by atoms with Crippen molar-refractivity contribution in [3.05, 3.63) is 63.4 Å². The van der Waals surface area contributed by atoms with Gasteiger partial charge in [-0.15, -0.1) is 0 Å². The maximum absolute atomic E-state index is 13.6. The van der Waals surface area contributed by atoms with Crippen LogP contribution in [0.15, 0.2) is 36.4 Å². The van der Waals surface area contributed by atoms with Gasteiger partial charge in [0.2, 0.25) is 5.91 Å². The second kappa shape index (κ2) is 8.98. The summed E-state index contributed by atoms with van der Waals surface area (Å²) in [5, 5.41) is 5.82. The summed E-state index contributed by atoms with van der Waals surface area (Å²) in [4.78, 5) is 23.9. The molecule has 0 aromatic heterocycles. The van der Waals surface area contributed by atoms with Crippen LogP contribution in [0.2, 0.25) is 10.0 Å². The van der Waals surface area contributed by atoms with E-state index < -0.39 is 17.8 Å². The zero-order valence-corrected chi connectivity index (χ0v) is 15.6. The normalized spacial score (nSPS) is 11.7. The van der Waals surface area contributed by atoms with Gasteiger partial charge in [-0.05, 0) is 36.8 Å². The van der Waals surface area contributed by atoms with E-state index in [1.54, 1.807) is 31.2 Å². The molecule has 2 N–H and O–H groups in total. The fraction of sp³-hybridized carbons (Fsp3) is 0.222. The maximum atomic E-state index is 13.6. The lowest BCUT2D eigenvalue weighted by Gasteiger charge is -2.16. The van der Waals surface area contributed by atoms with Crippen molar-refractivity contribution >= 4 is 40.8 Å². The summed E-state index contributed by atoms with van der Waals surface area (Å²) in [6.45, 7) is 1.67. The van der Waals surface area contributed by atoms with Crippen molar-refractivity contribution in [3.63, 3.8) is 0 Å². The highest BCUT2D eigenvalue weighted by Crippen LogP contribution is 2.28. The Labute approximate surface area is 160 Å². The lowest BCUT2D eigenvalue weighted by atomic mass is 10.1. The van der Waals surface area contributed by atoms with Crippen molar-refractivity contribution in [1.82, 2.24) is 5.32 Å². The molecule has 0 unspecified atom stereocenters. The van der Waals surface area contributed by atoms with Crippen LogP contribution in [0.5, 0.6) is 0 Å². The molecule has 0 saturated carbocycles. The molecule has 0 heterocycles. The van der Waals surface area contributed by atoms with E-state index in [2.05, 4.69) is 15.4 Å². The van der Waals surface area contributed by atoms with Crippen molar-refractivity contribution < 1.29 is 18.7 Å². The van der Waals surface area contributed by atoms with Crippen molar-refractivity contribution in [3.8, 4) is 0 Å². The second-order valence-electron chi connectivity index (χ2n) is 5.48. The first kappa shape index (κ1) is 20.2. The molecule has 138 valence electrons. The molecule has 0 aliphatic rings. The van der Waals surface area contributed by atoms with E-state index in [1.165, 1.54) is 19.2 Å². The molecular formula is C18H17Cl2FN2O3. The first-order valence-electron chi connectivity index (χ1n) is 7.68. The fourth-order valence-corrected chi connectivity index (χ4v) is 2.85. The first-order valence-corrected chi connectivity index (χ1v) is 8.44. The number of methoxy groups -OCH3 is 1. The smallest absolute Gasteiger partial charge is 0.339 e. The minimum absolute atomic E-state index is 0.0666. The lowest BCUT2D eigenvalue weighted by molar-refractivity contribution is -0.115. The number of benzene rings is 2. The average molecular weight is 399 g/mol. The predicted octanol–water partition coefficient (Wildman–Crippen LogP) is 4.21. The molecule has 0 fully saturated rings. The number of amides is 1. The highest BCUT2D eigenvalue weighted by Gasteiger charge is 2.16. The van der Waals surface area contributed by atoms with Gasteiger partial charge in [0.1, 0.15) is 5.82 Å². The van der Waals surface area contributed by atoms with Gasteiger partial charge >= 0.3 is 5.97 Å². The fourth-order valence-electron chi connectivity index (χ4n) is 2.30. The van der Waals surface area contributed by atoms with Gasteiger partial charge in [-0.1, -0.05) is 35.3 Å². The van der Waals surface area contributed by atoms with Gasteiger partial charge in [0.25, 0.3) is 0 Å². The van der Waals surface area contributed by atoms with Crippen LogP contribution in [-0.2, 0) is 9.53 Å². The van der Waals surface area contributed by atoms with Gasteiger partial charge in [-0.3, -0.25) is 4.79 Å². The highest BCUT2D eigenvalue weighted by molar-refractivity contribution is 6.35. The molecule has 0 radical (unpaired) electrons. The van der Waals surface area contributed by atoms with Crippen LogP contribution < -0.4 is 10.6 Å². The van der Waals surface area contributed by atoms with Crippen LogP contribution in [0.4, 0.5) is 10.1 Å². The van der Waals surface area contributed by atoms with E-state index in [-0.39, 0.29) is 23.0 Å². The molecule has 2 aromatic rings. The average Bonchev–Trinajstić information content (AvgIpc) is 2.62. The molecule has 0 saturated heterocycles. The largest absolute Gasteiger partial charge is 0.465 e. The minimum Gasteiger partial charge on any atom is -0.465 e. The van der Waals surface area contributed by atoms with Crippen molar-refractivity contribution in [1.29, 1.82) is 0 Å². The Balaban J connectivity index is 2.02. The third kappa shape index (κ3) is 4.94. The number of rotatable bonds is 6. The molecule has 26 heavy (non-hydrogen) atoms. The summed E-state index contributed by atoms with van der Waals surface area (Å²) in [5.41, 5.74) is 1.07. The monoisotopic (exact) mass is 398 g/mol. The Morgan fingerprint density at radius 3 is 2.58 bits per heavy atom. The lowest BCUT2D eigenvalue weighted by Crippen LogP contribution is -2.30. The molecule has 1 atom stereocenters. The third-order valence-electron chi connectivity index (χ3n) is 3.68. The molecule has 0 spiro atoms. The number of carbonyl (C=O) groups is 2. The van der Waals surface area contributed by atoms with E-state index in [1.807, 2.05) is 0 Å². The quantitative estimate of drug-likeness (QED) is 0.564. The Kier molecular flexibility index (Phi) is 6.97. The molecular weight excluding hydrogens is 382 g/mol. The number of carbonyl (C=O) groups excluding carboxylic acids is 2. The molecule has 2 rings (SSSR count). The number of hydrogen-bond acceptors (Lipinski definition) is 4. The second-order valence-corrected chi connectivity index (χ2v) is 6.29. The Morgan fingerprint density at radius 2 is 1.88 bits per heavy atom. The Hall–Kier alpha value is -2.15. The molecule has 0 aliphatic carbocycles. The molecule has 0 aliphatic heterocycles. The van der Waals surface area contributed by atoms with E-state index in [9.17, 15) is 14.0 Å². The zero-order valence-electron chi connectivity index (χ0n) is 14.1. The number of ether oxygens (including phenoxy) is 1. The summed E-state index contributed by atoms with van der Waals surface area (Å²) >= 11 is 11.7. The molecule has 0 bridgehead atoms. The van der Waals surface area contributed by atoms with E-state index in [4.69, 9.17) is 23.2 Å². The molecule has 2 aromatic carbocycles. The van der Waals surface area contributed by atoms with Gasteiger partial charge in [0, 0.05) is 11.1 Å². The third-order valence-corrected chi connectivity index (χ3v) is 4.30. The van der Waals surface area contributed by atoms with Crippen LogP contribution in [0.1, 0.15) is 28.9 Å². The number of anilines is 1. The van der Waals surface area contributed by atoms with Gasteiger partial charge in [0.05, 0.1) is 29.9 Å². The molecule has 8 heteroatoms. The van der Waals surface area contributed by atoms with E-state index in [0.717, 1.165) is 0 Å². The number of para-hydroxylation sites is 1.